The van der Waals surface area contributed by atoms with Gasteiger partial charge in [0.2, 0.25) is 0 Å². The molecule has 1 unspecified atom stereocenters. The zero-order valence-corrected chi connectivity index (χ0v) is 10.7. The highest BCUT2D eigenvalue weighted by atomic mass is 16.5. The lowest BCUT2D eigenvalue weighted by molar-refractivity contribution is 0.0588. The summed E-state index contributed by atoms with van der Waals surface area (Å²) in [5.74, 6) is 1.95. The Balaban J connectivity index is 1.71. The summed E-state index contributed by atoms with van der Waals surface area (Å²) in [4.78, 5) is 0. The zero-order chi connectivity index (χ0) is 11.2. The van der Waals surface area contributed by atoms with Crippen LogP contribution in [0.15, 0.2) is 0 Å². The van der Waals surface area contributed by atoms with Gasteiger partial charge in [-0.3, -0.25) is 0 Å². The Labute approximate surface area is 100 Å². The SMILES string of the molecule is CCNC(CC1CCC1)CC1CCOCC1. The second-order valence-electron chi connectivity index (χ2n) is 5.58. The van der Waals surface area contributed by atoms with E-state index in [1.54, 1.807) is 0 Å². The summed E-state index contributed by atoms with van der Waals surface area (Å²) in [5, 5.41) is 3.69. The van der Waals surface area contributed by atoms with Gasteiger partial charge in [-0.15, -0.1) is 0 Å². The van der Waals surface area contributed by atoms with Crippen molar-refractivity contribution in [2.75, 3.05) is 19.8 Å². The van der Waals surface area contributed by atoms with Gasteiger partial charge in [0.15, 0.2) is 0 Å². The van der Waals surface area contributed by atoms with Gasteiger partial charge in [-0.05, 0) is 44.1 Å². The van der Waals surface area contributed by atoms with Crippen LogP contribution in [-0.2, 0) is 4.74 Å². The van der Waals surface area contributed by atoms with Crippen LogP contribution in [0.2, 0.25) is 0 Å². The minimum absolute atomic E-state index is 0.776. The van der Waals surface area contributed by atoms with E-state index in [4.69, 9.17) is 4.74 Å². The molecular formula is C14H27NO. The first kappa shape index (κ1) is 12.4. The summed E-state index contributed by atoms with van der Waals surface area (Å²) in [5.41, 5.74) is 0. The molecule has 1 atom stereocenters. The second kappa shape index (κ2) is 6.61. The highest BCUT2D eigenvalue weighted by molar-refractivity contribution is 4.80. The van der Waals surface area contributed by atoms with E-state index in [9.17, 15) is 0 Å². The van der Waals surface area contributed by atoms with Gasteiger partial charge in [0.05, 0.1) is 0 Å². The molecule has 94 valence electrons. The van der Waals surface area contributed by atoms with Crippen LogP contribution in [0.25, 0.3) is 0 Å². The normalized spacial score (nSPS) is 25.3. The molecule has 0 aromatic heterocycles. The molecule has 2 fully saturated rings. The molecule has 1 N–H and O–H groups in total. The molecule has 1 aliphatic heterocycles. The largest absolute Gasteiger partial charge is 0.381 e. The van der Waals surface area contributed by atoms with E-state index in [-0.39, 0.29) is 0 Å². The fourth-order valence-electron chi connectivity index (χ4n) is 3.07. The summed E-state index contributed by atoms with van der Waals surface area (Å²) in [7, 11) is 0. The molecule has 0 aromatic carbocycles. The van der Waals surface area contributed by atoms with E-state index in [1.165, 1.54) is 44.9 Å². The zero-order valence-electron chi connectivity index (χ0n) is 10.7. The first-order valence-corrected chi connectivity index (χ1v) is 7.19. The summed E-state index contributed by atoms with van der Waals surface area (Å²) in [6.07, 6.45) is 9.81. The van der Waals surface area contributed by atoms with Crippen LogP contribution in [0.4, 0.5) is 0 Å². The Kier molecular flexibility index (Phi) is 5.11. The molecule has 1 saturated carbocycles. The first-order chi connectivity index (χ1) is 7.88. The minimum atomic E-state index is 0.776. The Bertz CT molecular complexity index is 185. The molecule has 0 radical (unpaired) electrons. The maximum absolute atomic E-state index is 5.43. The smallest absolute Gasteiger partial charge is 0.0468 e. The number of ether oxygens (including phenoxy) is 1. The third kappa shape index (κ3) is 3.74. The molecule has 1 saturated heterocycles. The third-order valence-corrected chi connectivity index (χ3v) is 4.29. The van der Waals surface area contributed by atoms with Crippen molar-refractivity contribution in [3.8, 4) is 0 Å². The fourth-order valence-corrected chi connectivity index (χ4v) is 3.07. The number of hydrogen-bond acceptors (Lipinski definition) is 2. The molecule has 0 bridgehead atoms. The number of nitrogens with one attached hydrogen (secondary N) is 1. The van der Waals surface area contributed by atoms with E-state index in [2.05, 4.69) is 12.2 Å². The maximum Gasteiger partial charge on any atom is 0.0468 e. The Morgan fingerprint density at radius 3 is 2.19 bits per heavy atom. The van der Waals surface area contributed by atoms with Crippen molar-refractivity contribution in [3.05, 3.63) is 0 Å². The average molecular weight is 225 g/mol. The van der Waals surface area contributed by atoms with E-state index in [0.29, 0.717) is 0 Å². The van der Waals surface area contributed by atoms with Crippen molar-refractivity contribution in [3.63, 3.8) is 0 Å². The number of hydrogen-bond donors (Lipinski definition) is 1. The maximum atomic E-state index is 5.43. The lowest BCUT2D eigenvalue weighted by Crippen LogP contribution is -2.35. The lowest BCUT2D eigenvalue weighted by Gasteiger charge is -2.33. The average Bonchev–Trinajstić information content (AvgIpc) is 2.25. The topological polar surface area (TPSA) is 21.3 Å². The van der Waals surface area contributed by atoms with Gasteiger partial charge >= 0.3 is 0 Å². The van der Waals surface area contributed by atoms with Gasteiger partial charge in [0, 0.05) is 19.3 Å². The van der Waals surface area contributed by atoms with Crippen molar-refractivity contribution in [1.29, 1.82) is 0 Å². The molecular weight excluding hydrogens is 198 g/mol. The Hall–Kier alpha value is -0.0800. The molecule has 0 aromatic rings. The van der Waals surface area contributed by atoms with Gasteiger partial charge in [-0.25, -0.2) is 0 Å². The van der Waals surface area contributed by atoms with E-state index < -0.39 is 0 Å². The summed E-state index contributed by atoms with van der Waals surface area (Å²) >= 11 is 0. The predicted molar refractivity (Wildman–Crippen MR) is 67.6 cm³/mol. The molecule has 2 rings (SSSR count). The number of rotatable bonds is 6. The predicted octanol–water partition coefficient (Wildman–Crippen LogP) is 2.97. The Morgan fingerprint density at radius 2 is 1.69 bits per heavy atom. The summed E-state index contributed by atoms with van der Waals surface area (Å²) in [6, 6.07) is 0.776. The summed E-state index contributed by atoms with van der Waals surface area (Å²) < 4.78 is 5.43. The molecule has 1 aliphatic carbocycles. The highest BCUT2D eigenvalue weighted by Crippen LogP contribution is 2.32. The molecule has 2 heteroatoms. The van der Waals surface area contributed by atoms with Crippen LogP contribution in [-0.4, -0.2) is 25.8 Å². The van der Waals surface area contributed by atoms with Crippen molar-refractivity contribution >= 4 is 0 Å². The van der Waals surface area contributed by atoms with Gasteiger partial charge in [0.25, 0.3) is 0 Å². The summed E-state index contributed by atoms with van der Waals surface area (Å²) in [6.45, 7) is 5.35. The molecule has 1 heterocycles. The first-order valence-electron chi connectivity index (χ1n) is 7.19. The fraction of sp³-hybridized carbons (Fsp3) is 1.00. The van der Waals surface area contributed by atoms with Gasteiger partial charge in [0.1, 0.15) is 0 Å². The van der Waals surface area contributed by atoms with Crippen LogP contribution < -0.4 is 5.32 Å². The lowest BCUT2D eigenvalue weighted by atomic mass is 9.78. The van der Waals surface area contributed by atoms with Crippen molar-refractivity contribution in [2.24, 2.45) is 11.8 Å². The monoisotopic (exact) mass is 225 g/mol. The van der Waals surface area contributed by atoms with Crippen LogP contribution in [0, 0.1) is 11.8 Å². The molecule has 2 nitrogen and oxygen atoms in total. The third-order valence-electron chi connectivity index (χ3n) is 4.29. The Morgan fingerprint density at radius 1 is 1.06 bits per heavy atom. The van der Waals surface area contributed by atoms with Crippen LogP contribution >= 0.6 is 0 Å². The molecule has 0 amide bonds. The second-order valence-corrected chi connectivity index (χ2v) is 5.58. The minimum Gasteiger partial charge on any atom is -0.381 e. The van der Waals surface area contributed by atoms with Crippen LogP contribution in [0.3, 0.4) is 0 Å². The molecule has 16 heavy (non-hydrogen) atoms. The van der Waals surface area contributed by atoms with Crippen LogP contribution in [0.5, 0.6) is 0 Å². The van der Waals surface area contributed by atoms with Crippen LogP contribution in [0.1, 0.15) is 51.9 Å². The van der Waals surface area contributed by atoms with E-state index in [0.717, 1.165) is 37.6 Å². The molecule has 0 spiro atoms. The van der Waals surface area contributed by atoms with E-state index in [1.807, 2.05) is 0 Å². The van der Waals surface area contributed by atoms with Crippen molar-refractivity contribution < 1.29 is 4.74 Å². The van der Waals surface area contributed by atoms with E-state index >= 15 is 0 Å². The van der Waals surface area contributed by atoms with Crippen molar-refractivity contribution in [1.82, 2.24) is 5.32 Å². The highest BCUT2D eigenvalue weighted by Gasteiger charge is 2.24. The quantitative estimate of drug-likeness (QED) is 0.750. The van der Waals surface area contributed by atoms with Gasteiger partial charge < -0.3 is 10.1 Å². The van der Waals surface area contributed by atoms with Crippen molar-refractivity contribution in [2.45, 2.75) is 57.9 Å². The molecule has 2 aliphatic rings. The van der Waals surface area contributed by atoms with Gasteiger partial charge in [-0.1, -0.05) is 26.2 Å². The van der Waals surface area contributed by atoms with Gasteiger partial charge in [-0.2, -0.15) is 0 Å². The standard InChI is InChI=1S/C14H27NO/c1-2-15-14(10-12-4-3-5-12)11-13-6-8-16-9-7-13/h12-15H,2-11H2,1H3.